The fraction of sp³-hybridized carbons (Fsp3) is 0.222. The van der Waals surface area contributed by atoms with Crippen LogP contribution in [-0.4, -0.2) is 43.4 Å². The summed E-state index contributed by atoms with van der Waals surface area (Å²) < 4.78 is 1.87. The van der Waals surface area contributed by atoms with Crippen molar-refractivity contribution in [2.75, 3.05) is 18.4 Å². The minimum atomic E-state index is -0.506. The van der Waals surface area contributed by atoms with Gasteiger partial charge in [0.25, 0.3) is 11.6 Å². The molecule has 144 valence electrons. The predicted octanol–water partition coefficient (Wildman–Crippen LogP) is 2.03. The normalized spacial score (nSPS) is 10.5. The van der Waals surface area contributed by atoms with E-state index in [1.54, 1.807) is 12.4 Å². The average molecular weight is 381 g/mol. The summed E-state index contributed by atoms with van der Waals surface area (Å²) in [6.07, 6.45) is 3.17. The van der Waals surface area contributed by atoms with E-state index in [1.807, 2.05) is 18.4 Å². The van der Waals surface area contributed by atoms with Crippen LogP contribution >= 0.6 is 0 Å². The fourth-order valence-corrected chi connectivity index (χ4v) is 2.51. The van der Waals surface area contributed by atoms with Crippen molar-refractivity contribution in [1.29, 1.82) is 0 Å². The lowest BCUT2D eigenvalue weighted by molar-refractivity contribution is -0.384. The quantitative estimate of drug-likeness (QED) is 0.364. The summed E-state index contributed by atoms with van der Waals surface area (Å²) in [5, 5.41) is 16.5. The number of nitro benzene ring substituents is 1. The number of benzene rings is 1. The number of aromatic nitrogens is 4. The lowest BCUT2D eigenvalue weighted by Crippen LogP contribution is -2.28. The second kappa shape index (κ2) is 8.25. The van der Waals surface area contributed by atoms with Crippen LogP contribution in [0.2, 0.25) is 0 Å². The zero-order valence-electron chi connectivity index (χ0n) is 15.4. The Bertz CT molecular complexity index is 999. The Balaban J connectivity index is 1.52. The Kier molecular flexibility index (Phi) is 5.58. The van der Waals surface area contributed by atoms with E-state index in [1.165, 1.54) is 30.6 Å². The van der Waals surface area contributed by atoms with Gasteiger partial charge in [0.1, 0.15) is 24.3 Å². The molecule has 0 atom stereocenters. The zero-order chi connectivity index (χ0) is 20.1. The van der Waals surface area contributed by atoms with E-state index in [0.29, 0.717) is 30.3 Å². The summed E-state index contributed by atoms with van der Waals surface area (Å²) in [7, 11) is 0. The molecule has 1 aromatic carbocycles. The van der Waals surface area contributed by atoms with Crippen LogP contribution in [-0.2, 0) is 0 Å². The van der Waals surface area contributed by atoms with E-state index in [4.69, 9.17) is 0 Å². The predicted molar refractivity (Wildman–Crippen MR) is 103 cm³/mol. The third kappa shape index (κ3) is 4.29. The van der Waals surface area contributed by atoms with Crippen molar-refractivity contribution in [3.63, 3.8) is 0 Å². The van der Waals surface area contributed by atoms with E-state index in [9.17, 15) is 14.9 Å². The van der Waals surface area contributed by atoms with Gasteiger partial charge in [-0.15, -0.1) is 0 Å². The number of carbonyl (C=O) groups excluding carboxylic acids is 1. The highest BCUT2D eigenvalue weighted by atomic mass is 16.6. The molecule has 28 heavy (non-hydrogen) atoms. The topological polar surface area (TPSA) is 128 Å². The molecule has 0 bridgehead atoms. The van der Waals surface area contributed by atoms with Gasteiger partial charge >= 0.3 is 0 Å². The van der Waals surface area contributed by atoms with Crippen molar-refractivity contribution >= 4 is 17.4 Å². The number of rotatable bonds is 7. The summed E-state index contributed by atoms with van der Waals surface area (Å²) in [6, 6.07) is 7.25. The van der Waals surface area contributed by atoms with Gasteiger partial charge in [0.15, 0.2) is 0 Å². The van der Waals surface area contributed by atoms with Gasteiger partial charge in [0, 0.05) is 42.5 Å². The SMILES string of the molecule is Cc1ncn(-c2cc(NCCNC(=O)c3ccc([N+](=O)[O-])cc3)ncn2)c1C. The van der Waals surface area contributed by atoms with Crippen LogP contribution in [0.4, 0.5) is 11.5 Å². The van der Waals surface area contributed by atoms with Gasteiger partial charge in [-0.05, 0) is 26.0 Å². The van der Waals surface area contributed by atoms with Gasteiger partial charge in [-0.2, -0.15) is 0 Å². The lowest BCUT2D eigenvalue weighted by Gasteiger charge is -2.09. The molecule has 2 heterocycles. The van der Waals surface area contributed by atoms with Crippen molar-refractivity contribution < 1.29 is 9.72 Å². The maximum absolute atomic E-state index is 12.1. The third-order valence-electron chi connectivity index (χ3n) is 4.21. The van der Waals surface area contributed by atoms with E-state index >= 15 is 0 Å². The Morgan fingerprint density at radius 3 is 2.54 bits per heavy atom. The molecule has 0 saturated heterocycles. The molecule has 0 aliphatic heterocycles. The van der Waals surface area contributed by atoms with Gasteiger partial charge < -0.3 is 10.6 Å². The fourth-order valence-electron chi connectivity index (χ4n) is 2.51. The number of amides is 1. The van der Waals surface area contributed by atoms with Crippen LogP contribution < -0.4 is 10.6 Å². The molecule has 0 saturated carbocycles. The first-order valence-electron chi connectivity index (χ1n) is 8.55. The van der Waals surface area contributed by atoms with Crippen LogP contribution in [0.5, 0.6) is 0 Å². The van der Waals surface area contributed by atoms with Crippen molar-refractivity contribution in [3.05, 3.63) is 70.1 Å². The van der Waals surface area contributed by atoms with Crippen LogP contribution in [0.1, 0.15) is 21.7 Å². The average Bonchev–Trinajstić information content (AvgIpc) is 3.04. The number of nitrogens with one attached hydrogen (secondary N) is 2. The molecule has 3 aromatic rings. The number of non-ortho nitro benzene ring substituents is 1. The Morgan fingerprint density at radius 1 is 1.14 bits per heavy atom. The highest BCUT2D eigenvalue weighted by molar-refractivity contribution is 5.94. The van der Waals surface area contributed by atoms with Crippen molar-refractivity contribution in [1.82, 2.24) is 24.8 Å². The first-order valence-corrected chi connectivity index (χ1v) is 8.55. The summed E-state index contributed by atoms with van der Waals surface area (Å²) in [5.41, 5.74) is 2.24. The van der Waals surface area contributed by atoms with Crippen molar-refractivity contribution in [2.24, 2.45) is 0 Å². The molecule has 3 rings (SSSR count). The Hall–Kier alpha value is -3.82. The number of nitrogens with zero attached hydrogens (tertiary/aromatic N) is 5. The molecule has 10 heteroatoms. The maximum atomic E-state index is 12.1. The second-order valence-corrected chi connectivity index (χ2v) is 6.03. The van der Waals surface area contributed by atoms with Crippen LogP contribution in [0.15, 0.2) is 43.0 Å². The van der Waals surface area contributed by atoms with Crippen molar-refractivity contribution in [3.8, 4) is 5.82 Å². The molecule has 1 amide bonds. The van der Waals surface area contributed by atoms with Crippen LogP contribution in [0.3, 0.4) is 0 Å². The first-order chi connectivity index (χ1) is 13.5. The summed E-state index contributed by atoms with van der Waals surface area (Å²) in [4.78, 5) is 34.9. The number of anilines is 1. The summed E-state index contributed by atoms with van der Waals surface area (Å²) >= 11 is 0. The minimum absolute atomic E-state index is 0.0545. The summed E-state index contributed by atoms with van der Waals surface area (Å²) in [5.74, 6) is 1.02. The number of nitro groups is 1. The van der Waals surface area contributed by atoms with E-state index in [0.717, 1.165) is 11.4 Å². The zero-order valence-corrected chi connectivity index (χ0v) is 15.4. The first kappa shape index (κ1) is 19.0. The number of hydrogen-bond donors (Lipinski definition) is 2. The Labute approximate surface area is 160 Å². The standard InChI is InChI=1S/C18H19N7O3/c1-12-13(2)24(11-23-12)17-9-16(21-10-22-17)19-7-8-20-18(26)14-3-5-15(6-4-14)25(27)28/h3-6,9-11H,7-8H2,1-2H3,(H,20,26)(H,19,21,22). The van der Waals surface area contributed by atoms with E-state index in [-0.39, 0.29) is 11.6 Å². The van der Waals surface area contributed by atoms with Gasteiger partial charge in [-0.3, -0.25) is 19.5 Å². The highest BCUT2D eigenvalue weighted by Crippen LogP contribution is 2.14. The smallest absolute Gasteiger partial charge is 0.269 e. The van der Waals surface area contributed by atoms with Crippen molar-refractivity contribution in [2.45, 2.75) is 13.8 Å². The molecule has 0 unspecified atom stereocenters. The molecule has 0 spiro atoms. The van der Waals surface area contributed by atoms with Crippen LogP contribution in [0.25, 0.3) is 5.82 Å². The molecule has 0 radical (unpaired) electrons. The molecule has 0 aliphatic rings. The van der Waals surface area contributed by atoms with Crippen LogP contribution in [0, 0.1) is 24.0 Å². The van der Waals surface area contributed by atoms with Gasteiger partial charge in [-0.1, -0.05) is 0 Å². The largest absolute Gasteiger partial charge is 0.368 e. The monoisotopic (exact) mass is 381 g/mol. The second-order valence-electron chi connectivity index (χ2n) is 6.03. The summed E-state index contributed by atoms with van der Waals surface area (Å²) in [6.45, 7) is 4.71. The molecule has 10 nitrogen and oxygen atoms in total. The molecule has 0 aliphatic carbocycles. The lowest BCUT2D eigenvalue weighted by atomic mass is 10.2. The third-order valence-corrected chi connectivity index (χ3v) is 4.21. The number of hydrogen-bond acceptors (Lipinski definition) is 7. The molecule has 2 N–H and O–H groups in total. The molecule has 0 fully saturated rings. The number of aryl methyl sites for hydroxylation is 1. The number of imidazole rings is 1. The molecule has 2 aromatic heterocycles. The number of carbonyl (C=O) groups is 1. The van der Waals surface area contributed by atoms with E-state index < -0.39 is 4.92 Å². The van der Waals surface area contributed by atoms with Gasteiger partial charge in [0.2, 0.25) is 0 Å². The molecular weight excluding hydrogens is 362 g/mol. The maximum Gasteiger partial charge on any atom is 0.269 e. The minimum Gasteiger partial charge on any atom is -0.368 e. The Morgan fingerprint density at radius 2 is 1.89 bits per heavy atom. The molecular formula is C18H19N7O3. The van der Waals surface area contributed by atoms with E-state index in [2.05, 4.69) is 25.6 Å². The highest BCUT2D eigenvalue weighted by Gasteiger charge is 2.09. The van der Waals surface area contributed by atoms with Gasteiger partial charge in [-0.25, -0.2) is 15.0 Å². The van der Waals surface area contributed by atoms with Gasteiger partial charge in [0.05, 0.1) is 10.6 Å².